The van der Waals surface area contributed by atoms with Crippen molar-refractivity contribution in [3.63, 3.8) is 0 Å². The van der Waals surface area contributed by atoms with Crippen LogP contribution in [0.2, 0.25) is 0 Å². The highest BCUT2D eigenvalue weighted by Crippen LogP contribution is 2.62. The van der Waals surface area contributed by atoms with Gasteiger partial charge in [-0.2, -0.15) is 0 Å². The highest BCUT2D eigenvalue weighted by Gasteiger charge is 2.48. The Balaban J connectivity index is 1.11. The lowest BCUT2D eigenvalue weighted by Crippen LogP contribution is -2.28. The van der Waals surface area contributed by atoms with E-state index >= 15 is 0 Å². The van der Waals surface area contributed by atoms with Gasteiger partial charge in [-0.05, 0) is 127 Å². The van der Waals surface area contributed by atoms with Gasteiger partial charge in [-0.15, -0.1) is 0 Å². The molecule has 0 amide bonds. The second-order valence-corrected chi connectivity index (χ2v) is 18.8. The van der Waals surface area contributed by atoms with E-state index in [1.807, 2.05) is 0 Å². The van der Waals surface area contributed by atoms with Crippen molar-refractivity contribution in [3.05, 3.63) is 288 Å². The van der Waals surface area contributed by atoms with E-state index in [1.54, 1.807) is 0 Å². The van der Waals surface area contributed by atoms with Gasteiger partial charge in [0.25, 0.3) is 0 Å². The van der Waals surface area contributed by atoms with E-state index in [1.165, 1.54) is 77.2 Å². The fourth-order valence-electron chi connectivity index (χ4n) is 11.9. The summed E-state index contributed by atoms with van der Waals surface area (Å²) in [6, 6.07) is 94.5. The minimum atomic E-state index is -0.594. The lowest BCUT2D eigenvalue weighted by molar-refractivity contribution is 0.660. The van der Waals surface area contributed by atoms with E-state index in [0.717, 1.165) is 34.1 Å². The minimum Gasteiger partial charge on any atom is -0.310 e. The van der Waals surface area contributed by atoms with E-state index in [9.17, 15) is 0 Å². The molecule has 0 aromatic heterocycles. The van der Waals surface area contributed by atoms with E-state index in [-0.39, 0.29) is 5.41 Å². The molecule has 0 heterocycles. The van der Waals surface area contributed by atoms with Crippen LogP contribution >= 0.6 is 0 Å². The van der Waals surface area contributed by atoms with Crippen LogP contribution in [0.5, 0.6) is 0 Å². The Morgan fingerprint density at radius 2 is 0.809 bits per heavy atom. The molecule has 2 heteroatoms. The smallest absolute Gasteiger partial charge is 0.0714 e. The van der Waals surface area contributed by atoms with Gasteiger partial charge < -0.3 is 9.80 Å². The van der Waals surface area contributed by atoms with Gasteiger partial charge in [0.1, 0.15) is 0 Å². The fourth-order valence-corrected chi connectivity index (χ4v) is 11.9. The Hall–Kier alpha value is -8.46. The molecule has 0 aliphatic heterocycles. The maximum atomic E-state index is 2.54. The number of hydrogen-bond acceptors (Lipinski definition) is 2. The number of rotatable bonds is 8. The molecule has 322 valence electrons. The zero-order chi connectivity index (χ0) is 45.4. The third-order valence-electron chi connectivity index (χ3n) is 14.9. The van der Waals surface area contributed by atoms with Gasteiger partial charge in [-0.3, -0.25) is 0 Å². The van der Waals surface area contributed by atoms with Gasteiger partial charge in [0.15, 0.2) is 0 Å². The van der Waals surface area contributed by atoms with Crippen molar-refractivity contribution < 1.29 is 0 Å². The second kappa shape index (κ2) is 15.6. The van der Waals surface area contributed by atoms with Crippen LogP contribution in [0, 0.1) is 0 Å². The number of anilines is 6. The Labute approximate surface area is 398 Å². The molecule has 0 atom stereocenters. The first-order valence-corrected chi connectivity index (χ1v) is 23.8. The van der Waals surface area contributed by atoms with E-state index in [2.05, 4.69) is 278 Å². The van der Waals surface area contributed by atoms with E-state index in [0.29, 0.717) is 0 Å². The van der Waals surface area contributed by atoms with Gasteiger partial charge in [0, 0.05) is 44.8 Å². The monoisotopic (exact) mass is 868 g/mol. The van der Waals surface area contributed by atoms with Gasteiger partial charge in [0.05, 0.1) is 11.1 Å². The standard InChI is InChI=1S/C66H48N2/c1-65(2)59-36-19-17-34-54(59)55-41-39-52(43-61(55)65)67(48-27-11-5-12-28-48)50-31-21-32-51(42-50)68(49-29-13-6-14-30-49)64-56-40-38-45-22-15-16-33-53(45)58(56)44-62-63(64)57-35-18-20-37-60(57)66(62,46-23-7-3-8-24-46)47-25-9-4-10-26-47/h3-44H,1-2H3. The summed E-state index contributed by atoms with van der Waals surface area (Å²) in [6.07, 6.45) is 0. The first kappa shape index (κ1) is 39.9. The molecule has 0 unspecified atom stereocenters. The summed E-state index contributed by atoms with van der Waals surface area (Å²) in [5, 5.41) is 4.88. The van der Waals surface area contributed by atoms with Crippen LogP contribution in [0.4, 0.5) is 34.1 Å². The van der Waals surface area contributed by atoms with E-state index < -0.39 is 5.41 Å². The molecule has 0 radical (unpaired) electrons. The highest BCUT2D eigenvalue weighted by atomic mass is 15.2. The molecular weight excluding hydrogens is 821 g/mol. The first-order valence-electron chi connectivity index (χ1n) is 23.8. The molecular formula is C66H48N2. The topological polar surface area (TPSA) is 6.48 Å². The van der Waals surface area contributed by atoms with Gasteiger partial charge in [0.2, 0.25) is 0 Å². The SMILES string of the molecule is CC1(C)c2ccccc2-c2ccc(N(c3ccccc3)c3cccc(N(c4ccccc4)c4c5c(cc6c4ccc4ccccc46)C(c4ccccc4)(c4ccccc4)c4ccccc4-5)c3)cc21. The molecule has 0 saturated carbocycles. The lowest BCUT2D eigenvalue weighted by atomic mass is 9.67. The third-order valence-corrected chi connectivity index (χ3v) is 14.9. The molecule has 68 heavy (non-hydrogen) atoms. The Morgan fingerprint density at radius 1 is 0.294 bits per heavy atom. The second-order valence-electron chi connectivity index (χ2n) is 18.8. The zero-order valence-corrected chi connectivity index (χ0v) is 38.1. The molecule has 0 N–H and O–H groups in total. The summed E-state index contributed by atoms with van der Waals surface area (Å²) in [6.45, 7) is 4.72. The Morgan fingerprint density at radius 3 is 1.50 bits per heavy atom. The van der Waals surface area contributed by atoms with Crippen LogP contribution in [0.25, 0.3) is 43.8 Å². The quantitative estimate of drug-likeness (QED) is 0.140. The molecule has 0 fully saturated rings. The summed E-state index contributed by atoms with van der Waals surface area (Å²) in [5.41, 5.74) is 18.8. The summed E-state index contributed by atoms with van der Waals surface area (Å²) in [5.74, 6) is 0. The number of para-hydroxylation sites is 2. The molecule has 2 aliphatic carbocycles. The number of benzene rings is 11. The van der Waals surface area contributed by atoms with Crippen molar-refractivity contribution in [1.82, 2.24) is 0 Å². The van der Waals surface area contributed by atoms with E-state index in [4.69, 9.17) is 0 Å². The van der Waals surface area contributed by atoms with Crippen molar-refractivity contribution in [1.29, 1.82) is 0 Å². The van der Waals surface area contributed by atoms with Crippen LogP contribution in [-0.2, 0) is 10.8 Å². The Kier molecular flexibility index (Phi) is 9.13. The van der Waals surface area contributed by atoms with Crippen molar-refractivity contribution in [3.8, 4) is 22.3 Å². The molecule has 2 aliphatic rings. The Bertz CT molecular complexity index is 3670. The molecule has 2 nitrogen and oxygen atoms in total. The average Bonchev–Trinajstić information content (AvgIpc) is 3.82. The summed E-state index contributed by atoms with van der Waals surface area (Å²) < 4.78 is 0. The van der Waals surface area contributed by atoms with Crippen molar-refractivity contribution in [2.75, 3.05) is 9.80 Å². The third kappa shape index (κ3) is 5.90. The minimum absolute atomic E-state index is 0.139. The maximum absolute atomic E-state index is 2.54. The number of nitrogens with zero attached hydrogens (tertiary/aromatic N) is 2. The molecule has 13 rings (SSSR count). The predicted octanol–water partition coefficient (Wildman–Crippen LogP) is 17.6. The largest absolute Gasteiger partial charge is 0.310 e. The van der Waals surface area contributed by atoms with Crippen molar-refractivity contribution in [2.45, 2.75) is 24.7 Å². The summed E-state index contributed by atoms with van der Waals surface area (Å²) in [4.78, 5) is 4.96. The molecule has 0 spiro atoms. The first-order chi connectivity index (χ1) is 33.5. The molecule has 0 bridgehead atoms. The van der Waals surface area contributed by atoms with Crippen LogP contribution < -0.4 is 9.80 Å². The van der Waals surface area contributed by atoms with Gasteiger partial charge in [-0.25, -0.2) is 0 Å². The maximum Gasteiger partial charge on any atom is 0.0714 e. The van der Waals surface area contributed by atoms with Crippen LogP contribution in [0.3, 0.4) is 0 Å². The number of fused-ring (bicyclic) bond motifs is 9. The van der Waals surface area contributed by atoms with Gasteiger partial charge >= 0.3 is 0 Å². The summed E-state index contributed by atoms with van der Waals surface area (Å²) >= 11 is 0. The average molecular weight is 869 g/mol. The zero-order valence-electron chi connectivity index (χ0n) is 38.1. The summed E-state index contributed by atoms with van der Waals surface area (Å²) in [7, 11) is 0. The normalized spacial score (nSPS) is 13.7. The van der Waals surface area contributed by atoms with Crippen LogP contribution in [0.1, 0.15) is 47.2 Å². The molecule has 11 aromatic rings. The van der Waals surface area contributed by atoms with Crippen molar-refractivity contribution in [2.24, 2.45) is 0 Å². The van der Waals surface area contributed by atoms with Crippen LogP contribution in [0.15, 0.2) is 255 Å². The number of hydrogen-bond donors (Lipinski definition) is 0. The van der Waals surface area contributed by atoms with Crippen LogP contribution in [-0.4, -0.2) is 0 Å². The van der Waals surface area contributed by atoms with Gasteiger partial charge in [-0.1, -0.05) is 208 Å². The molecule has 11 aromatic carbocycles. The fraction of sp³-hybridized carbons (Fsp3) is 0.0606. The predicted molar refractivity (Wildman–Crippen MR) is 286 cm³/mol. The lowest BCUT2D eigenvalue weighted by Gasteiger charge is -2.35. The molecule has 0 saturated heterocycles. The highest BCUT2D eigenvalue weighted by molar-refractivity contribution is 6.18. The van der Waals surface area contributed by atoms with Crippen molar-refractivity contribution >= 4 is 55.7 Å².